The summed E-state index contributed by atoms with van der Waals surface area (Å²) in [5.74, 6) is 0.254. The molecule has 5 rings (SSSR count). The molecule has 3 aromatic rings. The van der Waals surface area contributed by atoms with E-state index >= 15 is 0 Å². The molecular formula is C23H20N2O5. The number of nitrogens with zero attached hydrogens (tertiary/aromatic N) is 1. The SMILES string of the molecule is Cc1cc2oc(=O)cc(CN3C(=O)NC4(CCOc5ccccc54)C3=O)c2cc1C. The van der Waals surface area contributed by atoms with Crippen molar-refractivity contribution in [3.05, 3.63) is 75.1 Å². The smallest absolute Gasteiger partial charge is 0.336 e. The summed E-state index contributed by atoms with van der Waals surface area (Å²) in [6, 6.07) is 11.8. The van der Waals surface area contributed by atoms with Gasteiger partial charge < -0.3 is 14.5 Å². The largest absolute Gasteiger partial charge is 0.493 e. The molecule has 7 heteroatoms. The molecule has 1 atom stereocenters. The number of imide groups is 1. The number of hydrogen-bond acceptors (Lipinski definition) is 5. The predicted molar refractivity (Wildman–Crippen MR) is 109 cm³/mol. The lowest BCUT2D eigenvalue weighted by atomic mass is 9.84. The van der Waals surface area contributed by atoms with Crippen LogP contribution in [-0.4, -0.2) is 23.4 Å². The van der Waals surface area contributed by atoms with E-state index in [0.29, 0.717) is 40.9 Å². The minimum absolute atomic E-state index is 0.0138. The van der Waals surface area contributed by atoms with Crippen molar-refractivity contribution in [3.8, 4) is 5.75 Å². The summed E-state index contributed by atoms with van der Waals surface area (Å²) in [7, 11) is 0. The number of fused-ring (bicyclic) bond motifs is 3. The molecule has 1 N–H and O–H groups in total. The fourth-order valence-corrected chi connectivity index (χ4v) is 4.30. The van der Waals surface area contributed by atoms with Crippen LogP contribution in [0.3, 0.4) is 0 Å². The summed E-state index contributed by atoms with van der Waals surface area (Å²) in [6.07, 6.45) is 0.348. The molecule has 0 aliphatic carbocycles. The van der Waals surface area contributed by atoms with Crippen LogP contribution in [-0.2, 0) is 16.9 Å². The van der Waals surface area contributed by atoms with E-state index in [2.05, 4.69) is 5.32 Å². The van der Waals surface area contributed by atoms with Gasteiger partial charge in [0.15, 0.2) is 5.54 Å². The molecular weight excluding hydrogens is 384 g/mol. The Hall–Kier alpha value is -3.61. The third kappa shape index (κ3) is 2.62. The minimum atomic E-state index is -1.15. The summed E-state index contributed by atoms with van der Waals surface area (Å²) in [6.45, 7) is 4.21. The summed E-state index contributed by atoms with van der Waals surface area (Å²) in [5, 5.41) is 3.60. The number of urea groups is 1. The number of carbonyl (C=O) groups is 2. The minimum Gasteiger partial charge on any atom is -0.493 e. The monoisotopic (exact) mass is 404 g/mol. The molecule has 0 saturated carbocycles. The number of nitrogens with one attached hydrogen (secondary N) is 1. The second-order valence-electron chi connectivity index (χ2n) is 7.84. The summed E-state index contributed by atoms with van der Waals surface area (Å²) in [5.41, 5.74) is 2.04. The van der Waals surface area contributed by atoms with E-state index in [9.17, 15) is 14.4 Å². The quantitative estimate of drug-likeness (QED) is 0.524. The maximum Gasteiger partial charge on any atom is 0.336 e. The second kappa shape index (κ2) is 6.45. The zero-order valence-corrected chi connectivity index (χ0v) is 16.7. The second-order valence-corrected chi connectivity index (χ2v) is 7.84. The van der Waals surface area contributed by atoms with Crippen LogP contribution in [0.2, 0.25) is 0 Å². The van der Waals surface area contributed by atoms with Gasteiger partial charge in [0.2, 0.25) is 0 Å². The average Bonchev–Trinajstić information content (AvgIpc) is 2.94. The molecule has 1 spiro atoms. The highest BCUT2D eigenvalue weighted by atomic mass is 16.5. The van der Waals surface area contributed by atoms with Gasteiger partial charge in [-0.1, -0.05) is 18.2 Å². The molecule has 30 heavy (non-hydrogen) atoms. The van der Waals surface area contributed by atoms with E-state index in [-0.39, 0.29) is 12.5 Å². The average molecular weight is 404 g/mol. The van der Waals surface area contributed by atoms with Gasteiger partial charge in [-0.25, -0.2) is 9.59 Å². The Bertz CT molecular complexity index is 1280. The highest BCUT2D eigenvalue weighted by Crippen LogP contribution is 2.41. The van der Waals surface area contributed by atoms with E-state index < -0.39 is 17.2 Å². The fourth-order valence-electron chi connectivity index (χ4n) is 4.30. The number of ether oxygens (including phenoxy) is 1. The summed E-state index contributed by atoms with van der Waals surface area (Å²) >= 11 is 0. The molecule has 1 aromatic heterocycles. The lowest BCUT2D eigenvalue weighted by Gasteiger charge is -2.33. The third-order valence-corrected chi connectivity index (χ3v) is 6.03. The van der Waals surface area contributed by atoms with Crippen LogP contribution < -0.4 is 15.7 Å². The Morgan fingerprint density at radius 1 is 1.07 bits per heavy atom. The molecule has 3 heterocycles. The zero-order chi connectivity index (χ0) is 21.0. The fraction of sp³-hybridized carbons (Fsp3) is 0.261. The Labute approximate surface area is 172 Å². The van der Waals surface area contributed by atoms with Crippen LogP contribution in [0.15, 0.2) is 51.7 Å². The first-order valence-corrected chi connectivity index (χ1v) is 9.79. The molecule has 0 bridgehead atoms. The molecule has 1 unspecified atom stereocenters. The first kappa shape index (κ1) is 18.4. The Balaban J connectivity index is 1.58. The van der Waals surface area contributed by atoms with Crippen molar-refractivity contribution in [3.63, 3.8) is 0 Å². The van der Waals surface area contributed by atoms with Gasteiger partial charge in [-0.3, -0.25) is 9.69 Å². The number of carbonyl (C=O) groups excluding carboxylic acids is 2. The maximum absolute atomic E-state index is 13.5. The molecule has 0 radical (unpaired) electrons. The standard InChI is InChI=1S/C23H20N2O5/c1-13-9-16-15(11-20(26)30-19(16)10-14(13)2)12-25-21(27)23(24-22(25)28)7-8-29-18-6-4-3-5-17(18)23/h3-6,9-11H,7-8,12H2,1-2H3,(H,24,28). The highest BCUT2D eigenvalue weighted by Gasteiger charge is 2.54. The molecule has 7 nitrogen and oxygen atoms in total. The Morgan fingerprint density at radius 3 is 2.67 bits per heavy atom. The molecule has 1 saturated heterocycles. The number of rotatable bonds is 2. The number of amides is 3. The lowest BCUT2D eigenvalue weighted by molar-refractivity contribution is -0.133. The van der Waals surface area contributed by atoms with Crippen molar-refractivity contribution in [2.24, 2.45) is 0 Å². The van der Waals surface area contributed by atoms with E-state index in [1.165, 1.54) is 11.0 Å². The molecule has 1 fully saturated rings. The maximum atomic E-state index is 13.5. The van der Waals surface area contributed by atoms with Gasteiger partial charge in [-0.05, 0) is 48.7 Å². The van der Waals surface area contributed by atoms with Gasteiger partial charge in [0.05, 0.1) is 13.2 Å². The first-order valence-electron chi connectivity index (χ1n) is 9.79. The lowest BCUT2D eigenvalue weighted by Crippen LogP contribution is -2.47. The van der Waals surface area contributed by atoms with Gasteiger partial charge in [0.1, 0.15) is 11.3 Å². The summed E-state index contributed by atoms with van der Waals surface area (Å²) in [4.78, 5) is 39.6. The number of benzene rings is 2. The van der Waals surface area contributed by atoms with Gasteiger partial charge >= 0.3 is 11.7 Å². The van der Waals surface area contributed by atoms with Gasteiger partial charge in [-0.2, -0.15) is 0 Å². The normalized spacial score (nSPS) is 20.4. The van der Waals surface area contributed by atoms with Crippen LogP contribution in [0.5, 0.6) is 5.75 Å². The van der Waals surface area contributed by atoms with Crippen LogP contribution >= 0.6 is 0 Å². The molecule has 2 aliphatic heterocycles. The van der Waals surface area contributed by atoms with E-state index in [4.69, 9.17) is 9.15 Å². The van der Waals surface area contributed by atoms with Gasteiger partial charge in [0, 0.05) is 23.4 Å². The third-order valence-electron chi connectivity index (χ3n) is 6.03. The number of aryl methyl sites for hydroxylation is 2. The van der Waals surface area contributed by atoms with Crippen LogP contribution in [0.4, 0.5) is 4.79 Å². The van der Waals surface area contributed by atoms with Crippen molar-refractivity contribution in [1.82, 2.24) is 10.2 Å². The van der Waals surface area contributed by atoms with Crippen molar-refractivity contribution in [2.45, 2.75) is 32.4 Å². The molecule has 2 aromatic carbocycles. The molecule has 3 amide bonds. The van der Waals surface area contributed by atoms with Crippen LogP contribution in [0.1, 0.15) is 28.7 Å². The highest BCUT2D eigenvalue weighted by molar-refractivity contribution is 6.08. The summed E-state index contributed by atoms with van der Waals surface area (Å²) < 4.78 is 11.0. The number of para-hydroxylation sites is 1. The van der Waals surface area contributed by atoms with E-state index in [1.807, 2.05) is 32.0 Å². The van der Waals surface area contributed by atoms with Crippen molar-refractivity contribution >= 4 is 22.9 Å². The van der Waals surface area contributed by atoms with E-state index in [0.717, 1.165) is 11.1 Å². The molecule has 152 valence electrons. The molecule has 2 aliphatic rings. The van der Waals surface area contributed by atoms with Crippen molar-refractivity contribution < 1.29 is 18.7 Å². The zero-order valence-electron chi connectivity index (χ0n) is 16.7. The van der Waals surface area contributed by atoms with Crippen LogP contribution in [0.25, 0.3) is 11.0 Å². The van der Waals surface area contributed by atoms with Crippen LogP contribution in [0, 0.1) is 13.8 Å². The van der Waals surface area contributed by atoms with Crippen molar-refractivity contribution in [1.29, 1.82) is 0 Å². The number of hydrogen-bond donors (Lipinski definition) is 1. The predicted octanol–water partition coefficient (Wildman–Crippen LogP) is 3.14. The first-order chi connectivity index (χ1) is 14.4. The van der Waals surface area contributed by atoms with Gasteiger partial charge in [0.25, 0.3) is 5.91 Å². The Kier molecular flexibility index (Phi) is 3.96. The van der Waals surface area contributed by atoms with Gasteiger partial charge in [-0.15, -0.1) is 0 Å². The van der Waals surface area contributed by atoms with Crippen molar-refractivity contribution in [2.75, 3.05) is 6.61 Å². The Morgan fingerprint density at radius 2 is 1.83 bits per heavy atom. The topological polar surface area (TPSA) is 88.8 Å². The van der Waals surface area contributed by atoms with E-state index in [1.54, 1.807) is 18.2 Å².